The van der Waals surface area contributed by atoms with Crippen LogP contribution < -0.4 is 10.1 Å². The third-order valence-electron chi connectivity index (χ3n) is 5.25. The third-order valence-corrected chi connectivity index (χ3v) is 6.92. The summed E-state index contributed by atoms with van der Waals surface area (Å²) in [5.74, 6) is 0.674. The van der Waals surface area contributed by atoms with Crippen molar-refractivity contribution < 1.29 is 13.2 Å². The van der Waals surface area contributed by atoms with Crippen molar-refractivity contribution in [2.75, 3.05) is 26.7 Å². The van der Waals surface area contributed by atoms with E-state index in [1.54, 1.807) is 18.2 Å². The van der Waals surface area contributed by atoms with Crippen molar-refractivity contribution in [3.05, 3.63) is 53.3 Å². The predicted octanol–water partition coefficient (Wildman–Crippen LogP) is 2.76. The Hall–Kier alpha value is -2.47. The third kappa shape index (κ3) is 6.50. The fourth-order valence-electron chi connectivity index (χ4n) is 3.61. The van der Waals surface area contributed by atoms with E-state index in [1.807, 2.05) is 12.1 Å². The van der Waals surface area contributed by atoms with E-state index in [9.17, 15) is 8.42 Å². The fraction of sp³-hybridized carbons (Fsp3) is 0.478. The van der Waals surface area contributed by atoms with Crippen molar-refractivity contribution in [3.8, 4) is 11.8 Å². The van der Waals surface area contributed by atoms with Crippen LogP contribution in [-0.4, -0.2) is 51.1 Å². The van der Waals surface area contributed by atoms with Gasteiger partial charge < -0.3 is 10.1 Å². The molecule has 0 spiro atoms. The summed E-state index contributed by atoms with van der Waals surface area (Å²) in [6.45, 7) is 7.20. The Morgan fingerprint density at radius 1 is 1.26 bits per heavy atom. The Bertz CT molecular complexity index is 1040. The molecule has 1 aromatic carbocycles. The first-order valence-corrected chi connectivity index (χ1v) is 12.2. The molecule has 8 heteroatoms. The Balaban J connectivity index is 1.88. The standard InChI is InChI=1S/C23H30N4O3S/c1-17(2)15-30-22-7-18(14-27(3)21-4-5-25-13-21)8-23(9-22)31(28,29)16-20-6-19(10-24)11-26-12-20/h6-9,11-12,17,21,25H,4-5,13-16H2,1-3H3. The summed E-state index contributed by atoms with van der Waals surface area (Å²) >= 11 is 0. The Morgan fingerprint density at radius 3 is 2.74 bits per heavy atom. The monoisotopic (exact) mass is 442 g/mol. The van der Waals surface area contributed by atoms with Crippen molar-refractivity contribution in [3.63, 3.8) is 0 Å². The van der Waals surface area contributed by atoms with Crippen LogP contribution in [-0.2, 0) is 22.1 Å². The number of hydrogen-bond acceptors (Lipinski definition) is 7. The minimum Gasteiger partial charge on any atom is -0.493 e. The molecule has 1 unspecified atom stereocenters. The molecular formula is C23H30N4O3S. The lowest BCUT2D eigenvalue weighted by atomic mass is 10.1. The first-order chi connectivity index (χ1) is 14.8. The zero-order chi connectivity index (χ0) is 22.4. The van der Waals surface area contributed by atoms with Crippen LogP contribution in [0.4, 0.5) is 0 Å². The second kappa shape index (κ2) is 10.2. The average molecular weight is 443 g/mol. The van der Waals surface area contributed by atoms with Gasteiger partial charge in [-0.2, -0.15) is 5.26 Å². The Labute approximate surface area is 185 Å². The maximum atomic E-state index is 13.2. The molecule has 1 N–H and O–H groups in total. The van der Waals surface area contributed by atoms with Crippen LogP contribution in [0.1, 0.15) is 37.0 Å². The number of likely N-dealkylation sites (N-methyl/N-ethyl adjacent to an activating group) is 1. The van der Waals surface area contributed by atoms with Gasteiger partial charge in [-0.15, -0.1) is 0 Å². The normalized spacial score (nSPS) is 16.6. The summed E-state index contributed by atoms with van der Waals surface area (Å²) in [6, 6.07) is 9.25. The molecule has 1 aliphatic rings. The second-order valence-corrected chi connectivity index (χ2v) is 10.5. The maximum Gasteiger partial charge on any atom is 0.182 e. The van der Waals surface area contributed by atoms with E-state index in [2.05, 4.69) is 36.1 Å². The largest absolute Gasteiger partial charge is 0.493 e. The minimum absolute atomic E-state index is 0.217. The van der Waals surface area contributed by atoms with Crippen molar-refractivity contribution in [1.29, 1.82) is 5.26 Å². The van der Waals surface area contributed by atoms with Gasteiger partial charge >= 0.3 is 0 Å². The van der Waals surface area contributed by atoms with E-state index in [0.29, 0.717) is 42.0 Å². The van der Waals surface area contributed by atoms with E-state index >= 15 is 0 Å². The number of benzene rings is 1. The van der Waals surface area contributed by atoms with E-state index < -0.39 is 9.84 Å². The number of nitriles is 1. The summed E-state index contributed by atoms with van der Waals surface area (Å²) in [7, 11) is -1.57. The Morgan fingerprint density at radius 2 is 2.06 bits per heavy atom. The van der Waals surface area contributed by atoms with Gasteiger partial charge in [0.2, 0.25) is 0 Å². The lowest BCUT2D eigenvalue weighted by Gasteiger charge is -2.24. The number of nitrogens with one attached hydrogen (secondary N) is 1. The van der Waals surface area contributed by atoms with Crippen LogP contribution in [0.5, 0.6) is 5.75 Å². The first kappa shape index (κ1) is 23.2. The van der Waals surface area contributed by atoms with Gasteiger partial charge in [0.1, 0.15) is 11.8 Å². The summed E-state index contributed by atoms with van der Waals surface area (Å²) < 4.78 is 32.3. The van der Waals surface area contributed by atoms with Crippen LogP contribution in [0.15, 0.2) is 41.6 Å². The molecule has 7 nitrogen and oxygen atoms in total. The smallest absolute Gasteiger partial charge is 0.182 e. The molecule has 0 saturated carbocycles. The first-order valence-electron chi connectivity index (χ1n) is 10.5. The number of hydrogen-bond donors (Lipinski definition) is 1. The minimum atomic E-state index is -3.64. The van der Waals surface area contributed by atoms with Gasteiger partial charge in [-0.05, 0) is 61.3 Å². The highest BCUT2D eigenvalue weighted by atomic mass is 32.2. The van der Waals surface area contributed by atoms with E-state index in [1.165, 1.54) is 12.4 Å². The fourth-order valence-corrected chi connectivity index (χ4v) is 5.00. The van der Waals surface area contributed by atoms with Crippen LogP contribution in [0, 0.1) is 17.2 Å². The van der Waals surface area contributed by atoms with Crippen molar-refractivity contribution >= 4 is 9.84 Å². The number of nitrogens with zero attached hydrogens (tertiary/aromatic N) is 3. The predicted molar refractivity (Wildman–Crippen MR) is 119 cm³/mol. The molecule has 166 valence electrons. The van der Waals surface area contributed by atoms with E-state index in [-0.39, 0.29) is 10.6 Å². The molecule has 1 aliphatic heterocycles. The molecule has 31 heavy (non-hydrogen) atoms. The molecule has 0 radical (unpaired) electrons. The number of aromatic nitrogens is 1. The molecule has 1 atom stereocenters. The highest BCUT2D eigenvalue weighted by molar-refractivity contribution is 7.90. The van der Waals surface area contributed by atoms with Gasteiger partial charge in [0.15, 0.2) is 9.84 Å². The van der Waals surface area contributed by atoms with Gasteiger partial charge in [-0.25, -0.2) is 8.42 Å². The number of ether oxygens (including phenoxy) is 1. The highest BCUT2D eigenvalue weighted by Crippen LogP contribution is 2.26. The zero-order valence-electron chi connectivity index (χ0n) is 18.3. The van der Waals surface area contributed by atoms with Crippen molar-refractivity contribution in [1.82, 2.24) is 15.2 Å². The quantitative estimate of drug-likeness (QED) is 0.638. The van der Waals surface area contributed by atoms with Gasteiger partial charge in [-0.3, -0.25) is 9.88 Å². The summed E-state index contributed by atoms with van der Waals surface area (Å²) in [4.78, 5) is 6.45. The van der Waals surface area contributed by atoms with E-state index in [4.69, 9.17) is 10.00 Å². The van der Waals surface area contributed by atoms with Gasteiger partial charge in [0, 0.05) is 31.5 Å². The number of pyridine rings is 1. The molecule has 0 amide bonds. The molecule has 3 rings (SSSR count). The van der Waals surface area contributed by atoms with Crippen LogP contribution in [0.2, 0.25) is 0 Å². The van der Waals surface area contributed by atoms with Gasteiger partial charge in [-0.1, -0.05) is 13.8 Å². The molecule has 0 aliphatic carbocycles. The van der Waals surface area contributed by atoms with E-state index in [0.717, 1.165) is 25.1 Å². The van der Waals surface area contributed by atoms with Gasteiger partial charge in [0.25, 0.3) is 0 Å². The zero-order valence-corrected chi connectivity index (χ0v) is 19.2. The Kier molecular flexibility index (Phi) is 7.65. The molecule has 1 saturated heterocycles. The molecule has 1 fully saturated rings. The van der Waals surface area contributed by atoms with Crippen LogP contribution >= 0.6 is 0 Å². The number of sulfone groups is 1. The molecule has 2 aromatic rings. The van der Waals surface area contributed by atoms with Crippen molar-refractivity contribution in [2.24, 2.45) is 5.92 Å². The molecule has 1 aromatic heterocycles. The molecular weight excluding hydrogens is 412 g/mol. The summed E-state index contributed by atoms with van der Waals surface area (Å²) in [5.41, 5.74) is 1.73. The van der Waals surface area contributed by atoms with Crippen LogP contribution in [0.3, 0.4) is 0 Å². The maximum absolute atomic E-state index is 13.2. The topological polar surface area (TPSA) is 95.3 Å². The summed E-state index contributed by atoms with van der Waals surface area (Å²) in [5, 5.41) is 12.4. The lowest BCUT2D eigenvalue weighted by Crippen LogP contribution is -2.32. The van der Waals surface area contributed by atoms with Crippen molar-refractivity contribution in [2.45, 2.75) is 43.5 Å². The highest BCUT2D eigenvalue weighted by Gasteiger charge is 2.22. The van der Waals surface area contributed by atoms with Crippen LogP contribution in [0.25, 0.3) is 0 Å². The molecule has 2 heterocycles. The summed E-state index contributed by atoms with van der Waals surface area (Å²) in [6.07, 6.45) is 3.98. The lowest BCUT2D eigenvalue weighted by molar-refractivity contribution is 0.246. The number of rotatable bonds is 9. The second-order valence-electron chi connectivity index (χ2n) is 8.53. The van der Waals surface area contributed by atoms with Gasteiger partial charge in [0.05, 0.1) is 22.8 Å². The molecule has 0 bridgehead atoms. The average Bonchev–Trinajstić information content (AvgIpc) is 3.27. The SMILES string of the molecule is CC(C)COc1cc(CN(C)C2CCNC2)cc(S(=O)(=O)Cc2cncc(C#N)c2)c1.